The number of hydrogen-bond donors (Lipinski definition) is 1. The fourth-order valence-corrected chi connectivity index (χ4v) is 2.77. The molecule has 1 atom stereocenters. The molecule has 5 nitrogen and oxygen atoms in total. The van der Waals surface area contributed by atoms with Crippen LogP contribution in [0.1, 0.15) is 27.7 Å². The van der Waals surface area contributed by atoms with Crippen LogP contribution in [0.3, 0.4) is 0 Å². The van der Waals surface area contributed by atoms with Crippen LogP contribution in [-0.4, -0.2) is 67.7 Å². The number of nitrogens with two attached hydrogens (primary N) is 1. The highest BCUT2D eigenvalue weighted by molar-refractivity contribution is 5.81. The molecule has 112 valence electrons. The van der Waals surface area contributed by atoms with E-state index in [4.69, 9.17) is 10.5 Å². The third-order valence-corrected chi connectivity index (χ3v) is 4.33. The Hall–Kier alpha value is -0.810. The molecule has 0 amide bonds. The van der Waals surface area contributed by atoms with Crippen molar-refractivity contribution in [2.24, 2.45) is 16.6 Å². The van der Waals surface area contributed by atoms with E-state index in [1.807, 2.05) is 0 Å². The first-order valence-corrected chi connectivity index (χ1v) is 7.30. The zero-order valence-corrected chi connectivity index (χ0v) is 13.1. The number of hydrogen-bond acceptors (Lipinski definition) is 5. The molecule has 0 bridgehead atoms. The maximum Gasteiger partial charge on any atom is 0.192 e. The second-order valence-corrected chi connectivity index (χ2v) is 5.54. The average molecular weight is 270 g/mol. The minimum absolute atomic E-state index is 0.0774. The van der Waals surface area contributed by atoms with Crippen LogP contribution in [0.25, 0.3) is 0 Å². The molecule has 0 aliphatic carbocycles. The van der Waals surface area contributed by atoms with Gasteiger partial charge < -0.3 is 20.3 Å². The van der Waals surface area contributed by atoms with Gasteiger partial charge in [0.25, 0.3) is 0 Å². The van der Waals surface area contributed by atoms with Crippen LogP contribution in [0.2, 0.25) is 0 Å². The molecule has 5 heteroatoms. The summed E-state index contributed by atoms with van der Waals surface area (Å²) in [5, 5.41) is 0. The predicted molar refractivity (Wildman–Crippen MR) is 80.4 cm³/mol. The van der Waals surface area contributed by atoms with Gasteiger partial charge in [-0.05, 0) is 19.0 Å². The van der Waals surface area contributed by atoms with Crippen LogP contribution in [-0.2, 0) is 4.74 Å². The topological polar surface area (TPSA) is 54.1 Å². The maximum atomic E-state index is 6.09. The second-order valence-electron chi connectivity index (χ2n) is 5.54. The number of likely N-dealkylation sites (N-methyl/N-ethyl adjacent to an activating group) is 1. The summed E-state index contributed by atoms with van der Waals surface area (Å²) in [6.45, 7) is 14.3. The van der Waals surface area contributed by atoms with Crippen LogP contribution < -0.4 is 5.73 Å². The van der Waals surface area contributed by atoms with Gasteiger partial charge in [0.05, 0.1) is 18.7 Å². The van der Waals surface area contributed by atoms with Crippen molar-refractivity contribution in [1.29, 1.82) is 0 Å². The van der Waals surface area contributed by atoms with Gasteiger partial charge in [0.2, 0.25) is 0 Å². The van der Waals surface area contributed by atoms with E-state index in [9.17, 15) is 0 Å². The minimum atomic E-state index is -0.0774. The number of aliphatic imine (C=N–C) groups is 1. The summed E-state index contributed by atoms with van der Waals surface area (Å²) in [4.78, 5) is 9.12. The van der Waals surface area contributed by atoms with E-state index in [1.54, 1.807) is 7.11 Å². The summed E-state index contributed by atoms with van der Waals surface area (Å²) in [6, 6.07) is 0. The molecule has 2 N–H and O–H groups in total. The van der Waals surface area contributed by atoms with Crippen molar-refractivity contribution in [2.45, 2.75) is 33.2 Å². The summed E-state index contributed by atoms with van der Waals surface area (Å²) in [5.41, 5.74) is 6.02. The van der Waals surface area contributed by atoms with Gasteiger partial charge in [-0.1, -0.05) is 27.7 Å². The Morgan fingerprint density at radius 3 is 2.53 bits per heavy atom. The molecule has 0 aromatic carbocycles. The molecule has 1 aliphatic rings. The van der Waals surface area contributed by atoms with E-state index in [-0.39, 0.29) is 5.54 Å². The van der Waals surface area contributed by atoms with E-state index in [1.165, 1.54) is 0 Å². The Kier molecular flexibility index (Phi) is 6.07. The standard InChI is InChI=1S/C14H30N4O/c1-6-17(7-2)8-9-18-13(15)16-10-14(18,11-19-5)12(3)4/h12H,6-11H2,1-5H3,(H2,15,16). The third kappa shape index (κ3) is 3.39. The van der Waals surface area contributed by atoms with Gasteiger partial charge in [-0.15, -0.1) is 0 Å². The summed E-state index contributed by atoms with van der Waals surface area (Å²) in [5.74, 6) is 1.12. The zero-order valence-electron chi connectivity index (χ0n) is 13.1. The van der Waals surface area contributed by atoms with Crippen molar-refractivity contribution in [3.63, 3.8) is 0 Å². The van der Waals surface area contributed by atoms with Gasteiger partial charge in [0.15, 0.2) is 5.96 Å². The molecule has 0 radical (unpaired) electrons. The quantitative estimate of drug-likeness (QED) is 0.715. The Labute approximate surface area is 117 Å². The van der Waals surface area contributed by atoms with E-state index >= 15 is 0 Å². The Morgan fingerprint density at radius 1 is 1.42 bits per heavy atom. The van der Waals surface area contributed by atoms with Crippen molar-refractivity contribution in [3.8, 4) is 0 Å². The fraction of sp³-hybridized carbons (Fsp3) is 0.929. The molecule has 1 heterocycles. The first kappa shape index (κ1) is 16.2. The maximum absolute atomic E-state index is 6.09. The van der Waals surface area contributed by atoms with Crippen LogP contribution in [0.5, 0.6) is 0 Å². The van der Waals surface area contributed by atoms with Crippen molar-refractivity contribution in [3.05, 3.63) is 0 Å². The number of nitrogens with zero attached hydrogens (tertiary/aromatic N) is 3. The largest absolute Gasteiger partial charge is 0.382 e. The van der Waals surface area contributed by atoms with Gasteiger partial charge in [0.1, 0.15) is 0 Å². The first-order valence-electron chi connectivity index (χ1n) is 7.30. The molecule has 0 aromatic heterocycles. The molecule has 1 aliphatic heterocycles. The van der Waals surface area contributed by atoms with Crippen LogP contribution in [0.4, 0.5) is 0 Å². The molecular formula is C14H30N4O. The summed E-state index contributed by atoms with van der Waals surface area (Å²) < 4.78 is 5.44. The second kappa shape index (κ2) is 7.10. The molecule has 0 saturated carbocycles. The van der Waals surface area contributed by atoms with Crippen LogP contribution in [0.15, 0.2) is 4.99 Å². The number of rotatable bonds is 8. The van der Waals surface area contributed by atoms with E-state index in [0.717, 1.165) is 32.7 Å². The highest BCUT2D eigenvalue weighted by Crippen LogP contribution is 2.30. The lowest BCUT2D eigenvalue weighted by molar-refractivity contribution is 0.0303. The molecule has 0 spiro atoms. The van der Waals surface area contributed by atoms with Crippen molar-refractivity contribution >= 4 is 5.96 Å². The average Bonchev–Trinajstić information content (AvgIpc) is 2.70. The predicted octanol–water partition coefficient (Wildman–Crippen LogP) is 1.000. The Morgan fingerprint density at radius 2 is 2.05 bits per heavy atom. The van der Waals surface area contributed by atoms with Gasteiger partial charge >= 0.3 is 0 Å². The van der Waals surface area contributed by atoms with Crippen LogP contribution in [0, 0.1) is 5.92 Å². The van der Waals surface area contributed by atoms with Crippen LogP contribution >= 0.6 is 0 Å². The molecule has 0 aromatic rings. The summed E-state index contributed by atoms with van der Waals surface area (Å²) in [7, 11) is 1.75. The number of methoxy groups -OCH3 is 1. The number of guanidine groups is 1. The molecule has 1 unspecified atom stereocenters. The molecule has 1 rings (SSSR count). The Balaban J connectivity index is 2.77. The van der Waals surface area contributed by atoms with Crippen molar-refractivity contribution in [1.82, 2.24) is 9.80 Å². The Bertz CT molecular complexity index is 302. The lowest BCUT2D eigenvalue weighted by Crippen LogP contribution is -2.59. The van der Waals surface area contributed by atoms with Gasteiger partial charge in [-0.3, -0.25) is 4.99 Å². The van der Waals surface area contributed by atoms with E-state index in [2.05, 4.69) is 42.5 Å². The lowest BCUT2D eigenvalue weighted by atomic mass is 9.86. The molecule has 0 saturated heterocycles. The zero-order chi connectivity index (χ0) is 14.5. The SMILES string of the molecule is CCN(CC)CCN1C(N)=NCC1(COC)C(C)C. The van der Waals surface area contributed by atoms with E-state index < -0.39 is 0 Å². The molecule has 0 fully saturated rings. The summed E-state index contributed by atoms with van der Waals surface area (Å²) in [6.07, 6.45) is 0. The van der Waals surface area contributed by atoms with E-state index in [0.29, 0.717) is 18.5 Å². The first-order chi connectivity index (χ1) is 9.01. The normalized spacial score (nSPS) is 23.5. The van der Waals surface area contributed by atoms with Crippen molar-refractivity contribution < 1.29 is 4.74 Å². The number of ether oxygens (including phenoxy) is 1. The molecular weight excluding hydrogens is 240 g/mol. The fourth-order valence-electron chi connectivity index (χ4n) is 2.77. The van der Waals surface area contributed by atoms with Crippen molar-refractivity contribution in [2.75, 3.05) is 46.4 Å². The summed E-state index contributed by atoms with van der Waals surface area (Å²) >= 11 is 0. The highest BCUT2D eigenvalue weighted by Gasteiger charge is 2.44. The minimum Gasteiger partial charge on any atom is -0.382 e. The monoisotopic (exact) mass is 270 g/mol. The highest BCUT2D eigenvalue weighted by atomic mass is 16.5. The van der Waals surface area contributed by atoms with Gasteiger partial charge in [-0.2, -0.15) is 0 Å². The smallest absolute Gasteiger partial charge is 0.192 e. The third-order valence-electron chi connectivity index (χ3n) is 4.33. The molecule has 19 heavy (non-hydrogen) atoms. The van der Waals surface area contributed by atoms with Gasteiger partial charge in [0, 0.05) is 20.2 Å². The van der Waals surface area contributed by atoms with Gasteiger partial charge in [-0.25, -0.2) is 0 Å². The lowest BCUT2D eigenvalue weighted by Gasteiger charge is -2.42.